The van der Waals surface area contributed by atoms with E-state index in [0.717, 1.165) is 0 Å². The van der Waals surface area contributed by atoms with Crippen molar-refractivity contribution < 1.29 is 14.3 Å². The predicted octanol–water partition coefficient (Wildman–Crippen LogP) is 3.84. The number of methoxy groups -OCH3 is 2. The Labute approximate surface area is 167 Å². The van der Waals surface area contributed by atoms with Gasteiger partial charge in [0.2, 0.25) is 10.3 Å². The van der Waals surface area contributed by atoms with Crippen LogP contribution in [0.4, 0.5) is 20.7 Å². The highest BCUT2D eigenvalue weighted by atomic mass is 32.1. The maximum atomic E-state index is 12.3. The quantitative estimate of drug-likeness (QED) is 0.628. The first kappa shape index (κ1) is 19.4. The van der Waals surface area contributed by atoms with E-state index in [4.69, 9.17) is 9.47 Å². The smallest absolute Gasteiger partial charge is 0.325 e. The Kier molecular flexibility index (Phi) is 6.28. The number of rotatable bonds is 7. The van der Waals surface area contributed by atoms with E-state index < -0.39 is 6.03 Å². The molecule has 0 spiro atoms. The molecule has 3 rings (SSSR count). The van der Waals surface area contributed by atoms with Gasteiger partial charge in [-0.3, -0.25) is 5.32 Å². The number of nitrogens with one attached hydrogen (secondary N) is 2. The number of carbonyl (C=O) groups is 1. The fourth-order valence-electron chi connectivity index (χ4n) is 2.48. The molecule has 1 aromatic heterocycles. The van der Waals surface area contributed by atoms with Crippen molar-refractivity contribution in [2.45, 2.75) is 6.54 Å². The first-order valence-corrected chi connectivity index (χ1v) is 9.28. The number of anilines is 3. The number of nitrogens with zero attached hydrogens (tertiary/aromatic N) is 3. The van der Waals surface area contributed by atoms with Gasteiger partial charge in [-0.15, -0.1) is 10.2 Å². The van der Waals surface area contributed by atoms with Crippen LogP contribution in [0.5, 0.6) is 11.5 Å². The summed E-state index contributed by atoms with van der Waals surface area (Å²) < 4.78 is 10.4. The lowest BCUT2D eigenvalue weighted by molar-refractivity contribution is 0.262. The van der Waals surface area contributed by atoms with Crippen molar-refractivity contribution in [3.63, 3.8) is 0 Å². The summed E-state index contributed by atoms with van der Waals surface area (Å²) in [5.41, 5.74) is 1.71. The van der Waals surface area contributed by atoms with E-state index in [9.17, 15) is 4.79 Å². The summed E-state index contributed by atoms with van der Waals surface area (Å²) in [4.78, 5) is 14.2. The molecule has 0 aliphatic rings. The summed E-state index contributed by atoms with van der Waals surface area (Å²) in [6, 6.07) is 14.8. The van der Waals surface area contributed by atoms with E-state index in [-0.39, 0.29) is 0 Å². The highest BCUT2D eigenvalue weighted by molar-refractivity contribution is 7.19. The lowest BCUT2D eigenvalue weighted by Gasteiger charge is -2.14. The monoisotopic (exact) mass is 399 g/mol. The van der Waals surface area contributed by atoms with Crippen molar-refractivity contribution in [2.75, 3.05) is 36.8 Å². The van der Waals surface area contributed by atoms with Crippen LogP contribution >= 0.6 is 11.3 Å². The summed E-state index contributed by atoms with van der Waals surface area (Å²) in [5.74, 6) is 1.16. The average molecular weight is 399 g/mol. The zero-order valence-electron chi connectivity index (χ0n) is 15.8. The second-order valence-electron chi connectivity index (χ2n) is 5.91. The van der Waals surface area contributed by atoms with E-state index in [2.05, 4.69) is 20.8 Å². The van der Waals surface area contributed by atoms with Gasteiger partial charge in [0.25, 0.3) is 0 Å². The minimum absolute atomic E-state index is 0.405. The highest BCUT2D eigenvalue weighted by Crippen LogP contribution is 2.27. The summed E-state index contributed by atoms with van der Waals surface area (Å²) in [5, 5.41) is 14.7. The number of urea groups is 1. The standard InChI is InChI=1S/C19H21N5O3S/c1-24(12-13-7-5-4-6-8-13)19-23-22-18(28-19)21-17(25)20-14-9-15(26-2)11-16(10-14)27-3/h4-11H,12H2,1-3H3,(H2,20,21,22,25). The molecule has 0 aliphatic carbocycles. The molecule has 2 aromatic carbocycles. The van der Waals surface area contributed by atoms with Gasteiger partial charge in [0, 0.05) is 37.5 Å². The van der Waals surface area contributed by atoms with Gasteiger partial charge >= 0.3 is 6.03 Å². The molecule has 0 radical (unpaired) electrons. The molecule has 0 unspecified atom stereocenters. The minimum Gasteiger partial charge on any atom is -0.497 e. The Morgan fingerprint density at radius 2 is 1.71 bits per heavy atom. The third kappa shape index (κ3) is 5.10. The second-order valence-corrected chi connectivity index (χ2v) is 6.87. The molecule has 2 amide bonds. The van der Waals surface area contributed by atoms with Crippen molar-refractivity contribution in [1.29, 1.82) is 0 Å². The van der Waals surface area contributed by atoms with Crippen molar-refractivity contribution in [2.24, 2.45) is 0 Å². The SMILES string of the molecule is COc1cc(NC(=O)Nc2nnc(N(C)Cc3ccccc3)s2)cc(OC)c1. The van der Waals surface area contributed by atoms with Crippen LogP contribution < -0.4 is 25.0 Å². The number of benzene rings is 2. The van der Waals surface area contributed by atoms with Crippen molar-refractivity contribution in [3.8, 4) is 11.5 Å². The van der Waals surface area contributed by atoms with Crippen LogP contribution in [0.3, 0.4) is 0 Å². The Morgan fingerprint density at radius 3 is 2.36 bits per heavy atom. The third-order valence-corrected chi connectivity index (χ3v) is 4.79. The summed E-state index contributed by atoms with van der Waals surface area (Å²) in [6.45, 7) is 0.700. The summed E-state index contributed by atoms with van der Waals surface area (Å²) >= 11 is 1.30. The van der Waals surface area contributed by atoms with Crippen LogP contribution in [0, 0.1) is 0 Å². The maximum Gasteiger partial charge on any atom is 0.325 e. The van der Waals surface area contributed by atoms with Crippen molar-refractivity contribution >= 4 is 33.3 Å². The minimum atomic E-state index is -0.427. The lowest BCUT2D eigenvalue weighted by atomic mass is 10.2. The van der Waals surface area contributed by atoms with Crippen LogP contribution in [0.15, 0.2) is 48.5 Å². The van der Waals surface area contributed by atoms with Gasteiger partial charge in [-0.1, -0.05) is 41.7 Å². The molecule has 146 valence electrons. The summed E-state index contributed by atoms with van der Waals surface area (Å²) in [7, 11) is 5.03. The Hall–Kier alpha value is -3.33. The molecular weight excluding hydrogens is 378 g/mol. The van der Waals surface area contributed by atoms with Gasteiger partial charge in [0.1, 0.15) is 11.5 Å². The molecule has 8 nitrogen and oxygen atoms in total. The van der Waals surface area contributed by atoms with Gasteiger partial charge in [-0.2, -0.15) is 0 Å². The molecule has 0 fully saturated rings. The van der Waals surface area contributed by atoms with Gasteiger partial charge in [-0.05, 0) is 5.56 Å². The highest BCUT2D eigenvalue weighted by Gasteiger charge is 2.12. The first-order chi connectivity index (χ1) is 13.6. The molecule has 0 saturated heterocycles. The fourth-order valence-corrected chi connectivity index (χ4v) is 3.18. The van der Waals surface area contributed by atoms with E-state index in [1.54, 1.807) is 32.4 Å². The number of amides is 2. The zero-order valence-corrected chi connectivity index (χ0v) is 16.6. The number of ether oxygens (including phenoxy) is 2. The zero-order chi connectivity index (χ0) is 19.9. The molecule has 1 heterocycles. The topological polar surface area (TPSA) is 88.6 Å². The molecule has 0 bridgehead atoms. The molecular formula is C19H21N5O3S. The van der Waals surface area contributed by atoms with Crippen LogP contribution in [0.2, 0.25) is 0 Å². The Balaban J connectivity index is 1.61. The van der Waals surface area contributed by atoms with Crippen molar-refractivity contribution in [3.05, 3.63) is 54.1 Å². The number of hydrogen-bond donors (Lipinski definition) is 2. The average Bonchev–Trinajstić information content (AvgIpc) is 3.16. The molecule has 28 heavy (non-hydrogen) atoms. The van der Waals surface area contributed by atoms with Crippen LogP contribution in [0.25, 0.3) is 0 Å². The molecule has 0 atom stereocenters. The van der Waals surface area contributed by atoms with Gasteiger partial charge < -0.3 is 19.7 Å². The molecule has 9 heteroatoms. The van der Waals surface area contributed by atoms with Gasteiger partial charge in [0.05, 0.1) is 14.2 Å². The van der Waals surface area contributed by atoms with Crippen molar-refractivity contribution in [1.82, 2.24) is 10.2 Å². The third-order valence-electron chi connectivity index (χ3n) is 3.83. The van der Waals surface area contributed by atoms with Crippen LogP contribution in [0.1, 0.15) is 5.56 Å². The van der Waals surface area contributed by atoms with E-state index in [1.807, 2.05) is 42.3 Å². The maximum absolute atomic E-state index is 12.3. The Bertz CT molecular complexity index is 910. The van der Waals surface area contributed by atoms with Gasteiger partial charge in [0.15, 0.2) is 0 Å². The molecule has 2 N–H and O–H groups in total. The normalized spacial score (nSPS) is 10.2. The lowest BCUT2D eigenvalue weighted by Crippen LogP contribution is -2.19. The number of aromatic nitrogens is 2. The van der Waals surface area contributed by atoms with Gasteiger partial charge in [-0.25, -0.2) is 4.79 Å². The number of carbonyl (C=O) groups excluding carboxylic acids is 1. The second kappa shape index (κ2) is 9.05. The first-order valence-electron chi connectivity index (χ1n) is 8.47. The molecule has 3 aromatic rings. The fraction of sp³-hybridized carbons (Fsp3) is 0.211. The van der Waals surface area contributed by atoms with E-state index in [1.165, 1.54) is 16.9 Å². The molecule has 0 saturated carbocycles. The predicted molar refractivity (Wildman–Crippen MR) is 111 cm³/mol. The van der Waals surface area contributed by atoms with Crippen LogP contribution in [-0.4, -0.2) is 37.5 Å². The number of hydrogen-bond acceptors (Lipinski definition) is 7. The van der Waals surface area contributed by atoms with E-state index >= 15 is 0 Å². The Morgan fingerprint density at radius 1 is 1.04 bits per heavy atom. The summed E-state index contributed by atoms with van der Waals surface area (Å²) in [6.07, 6.45) is 0. The van der Waals surface area contributed by atoms with Crippen LogP contribution in [-0.2, 0) is 6.54 Å². The largest absolute Gasteiger partial charge is 0.497 e. The van der Waals surface area contributed by atoms with E-state index in [0.29, 0.717) is 34.0 Å². The molecule has 0 aliphatic heterocycles.